The van der Waals surface area contributed by atoms with E-state index in [0.717, 1.165) is 25.5 Å². The van der Waals surface area contributed by atoms with Crippen LogP contribution in [0.3, 0.4) is 0 Å². The van der Waals surface area contributed by atoms with Crippen LogP contribution in [0.15, 0.2) is 11.6 Å². The Morgan fingerprint density at radius 3 is 2.83 bits per heavy atom. The highest BCUT2D eigenvalue weighted by Crippen LogP contribution is 2.44. The number of hydrogen-bond donors (Lipinski definition) is 0. The molecule has 1 rings (SSSR count). The second-order valence-corrected chi connectivity index (χ2v) is 4.56. The van der Waals surface area contributed by atoms with Crippen LogP contribution in [0.1, 0.15) is 32.6 Å². The van der Waals surface area contributed by atoms with E-state index in [1.165, 1.54) is 0 Å². The molecule has 0 N–H and O–H groups in total. The van der Waals surface area contributed by atoms with Crippen LogP contribution >= 0.6 is 11.6 Å². The summed E-state index contributed by atoms with van der Waals surface area (Å²) in [7, 11) is 0. The third-order valence-corrected chi connectivity index (χ3v) is 2.82. The van der Waals surface area contributed by atoms with Crippen molar-refractivity contribution in [1.29, 1.82) is 0 Å². The molecular formula is C10H15ClO. The van der Waals surface area contributed by atoms with E-state index in [1.54, 1.807) is 0 Å². The van der Waals surface area contributed by atoms with Gasteiger partial charge in [0.1, 0.15) is 6.29 Å². The molecular weight excluding hydrogens is 172 g/mol. The zero-order chi connectivity index (χ0) is 9.19. The summed E-state index contributed by atoms with van der Waals surface area (Å²) in [6.07, 6.45) is 4.82. The smallest absolute Gasteiger partial charge is 0.126 e. The van der Waals surface area contributed by atoms with E-state index < -0.39 is 0 Å². The lowest BCUT2D eigenvalue weighted by molar-refractivity contribution is -0.116. The summed E-state index contributed by atoms with van der Waals surface area (Å²) in [5.41, 5.74) is -0.182. The standard InChI is InChI=1S/C10H15ClO/c1-8-3-4-10(5-8,7-12)6-9(2)11/h7-8H,2-6H2,1H3. The second kappa shape index (κ2) is 3.61. The van der Waals surface area contributed by atoms with Crippen molar-refractivity contribution in [3.05, 3.63) is 11.6 Å². The highest BCUT2D eigenvalue weighted by atomic mass is 35.5. The summed E-state index contributed by atoms with van der Waals surface area (Å²) in [4.78, 5) is 10.9. The Morgan fingerprint density at radius 1 is 1.83 bits per heavy atom. The van der Waals surface area contributed by atoms with Gasteiger partial charge >= 0.3 is 0 Å². The molecule has 0 bridgehead atoms. The van der Waals surface area contributed by atoms with Gasteiger partial charge in [-0.25, -0.2) is 0 Å². The zero-order valence-electron chi connectivity index (χ0n) is 7.48. The first-order valence-corrected chi connectivity index (χ1v) is 4.75. The van der Waals surface area contributed by atoms with Crippen molar-refractivity contribution in [2.75, 3.05) is 0 Å². The van der Waals surface area contributed by atoms with Gasteiger partial charge < -0.3 is 4.79 Å². The lowest BCUT2D eigenvalue weighted by Gasteiger charge is -2.20. The highest BCUT2D eigenvalue weighted by molar-refractivity contribution is 6.29. The van der Waals surface area contributed by atoms with Crippen molar-refractivity contribution >= 4 is 17.9 Å². The Kier molecular flexibility index (Phi) is 2.94. The average molecular weight is 187 g/mol. The molecule has 0 radical (unpaired) electrons. The van der Waals surface area contributed by atoms with E-state index >= 15 is 0 Å². The Labute approximate surface area is 78.8 Å². The Morgan fingerprint density at radius 2 is 2.50 bits per heavy atom. The largest absolute Gasteiger partial charge is 0.303 e. The first-order valence-electron chi connectivity index (χ1n) is 4.37. The van der Waals surface area contributed by atoms with Gasteiger partial charge in [-0.05, 0) is 31.6 Å². The molecule has 0 aromatic heterocycles. The molecule has 0 aliphatic heterocycles. The molecule has 2 atom stereocenters. The molecule has 1 aliphatic carbocycles. The van der Waals surface area contributed by atoms with Crippen LogP contribution in [-0.4, -0.2) is 6.29 Å². The van der Waals surface area contributed by atoms with Gasteiger partial charge in [-0.2, -0.15) is 0 Å². The first kappa shape index (κ1) is 9.79. The maximum absolute atomic E-state index is 10.9. The van der Waals surface area contributed by atoms with Crippen molar-refractivity contribution in [1.82, 2.24) is 0 Å². The van der Waals surface area contributed by atoms with Gasteiger partial charge in [-0.1, -0.05) is 25.1 Å². The van der Waals surface area contributed by atoms with Gasteiger partial charge in [-0.15, -0.1) is 0 Å². The molecule has 0 heterocycles. The number of carbonyl (C=O) groups is 1. The van der Waals surface area contributed by atoms with E-state index in [-0.39, 0.29) is 5.41 Å². The van der Waals surface area contributed by atoms with Crippen molar-refractivity contribution < 1.29 is 4.79 Å². The number of hydrogen-bond acceptors (Lipinski definition) is 1. The molecule has 0 spiro atoms. The monoisotopic (exact) mass is 186 g/mol. The minimum absolute atomic E-state index is 0.182. The average Bonchev–Trinajstić information content (AvgIpc) is 2.32. The Balaban J connectivity index is 2.64. The second-order valence-electron chi connectivity index (χ2n) is 4.02. The van der Waals surface area contributed by atoms with Gasteiger partial charge in [-0.3, -0.25) is 0 Å². The lowest BCUT2D eigenvalue weighted by atomic mass is 9.83. The third-order valence-electron chi connectivity index (χ3n) is 2.68. The number of allylic oxidation sites excluding steroid dienone is 1. The van der Waals surface area contributed by atoms with E-state index in [0.29, 0.717) is 17.4 Å². The zero-order valence-corrected chi connectivity index (χ0v) is 8.23. The van der Waals surface area contributed by atoms with E-state index in [2.05, 4.69) is 13.5 Å². The van der Waals surface area contributed by atoms with Crippen LogP contribution in [0.5, 0.6) is 0 Å². The van der Waals surface area contributed by atoms with Crippen molar-refractivity contribution in [2.24, 2.45) is 11.3 Å². The maximum atomic E-state index is 10.9. The normalized spacial score (nSPS) is 35.0. The van der Waals surface area contributed by atoms with Gasteiger partial charge in [0.25, 0.3) is 0 Å². The number of rotatable bonds is 3. The molecule has 0 aromatic rings. The molecule has 0 aromatic carbocycles. The summed E-state index contributed by atoms with van der Waals surface area (Å²) >= 11 is 5.72. The molecule has 12 heavy (non-hydrogen) atoms. The Bertz CT molecular complexity index is 200. The molecule has 68 valence electrons. The number of aldehydes is 1. The molecule has 1 nitrogen and oxygen atoms in total. The SMILES string of the molecule is C=C(Cl)CC1(C=O)CCC(C)C1. The molecule has 1 fully saturated rings. The molecule has 1 aliphatic rings. The molecule has 0 amide bonds. The van der Waals surface area contributed by atoms with Crippen molar-refractivity contribution in [3.8, 4) is 0 Å². The predicted molar refractivity (Wildman–Crippen MR) is 51.1 cm³/mol. The molecule has 2 heteroatoms. The highest BCUT2D eigenvalue weighted by Gasteiger charge is 2.37. The van der Waals surface area contributed by atoms with E-state index in [9.17, 15) is 4.79 Å². The summed E-state index contributed by atoms with van der Waals surface area (Å²) in [6.45, 7) is 5.83. The summed E-state index contributed by atoms with van der Waals surface area (Å²) in [5.74, 6) is 0.659. The minimum Gasteiger partial charge on any atom is -0.303 e. The lowest BCUT2D eigenvalue weighted by Crippen LogP contribution is -2.18. The maximum Gasteiger partial charge on any atom is 0.126 e. The topological polar surface area (TPSA) is 17.1 Å². The third kappa shape index (κ3) is 2.10. The molecule has 1 saturated carbocycles. The summed E-state index contributed by atoms with van der Waals surface area (Å²) < 4.78 is 0. The molecule has 2 unspecified atom stereocenters. The van der Waals surface area contributed by atoms with Gasteiger partial charge in [0.15, 0.2) is 0 Å². The molecule has 0 saturated heterocycles. The van der Waals surface area contributed by atoms with Crippen LogP contribution < -0.4 is 0 Å². The van der Waals surface area contributed by atoms with Gasteiger partial charge in [0.2, 0.25) is 0 Å². The summed E-state index contributed by atoms with van der Waals surface area (Å²) in [6, 6.07) is 0. The fourth-order valence-corrected chi connectivity index (χ4v) is 2.39. The predicted octanol–water partition coefficient (Wildman–Crippen LogP) is 3.13. The summed E-state index contributed by atoms with van der Waals surface area (Å²) in [5, 5.41) is 0.608. The van der Waals surface area contributed by atoms with Crippen molar-refractivity contribution in [3.63, 3.8) is 0 Å². The fraction of sp³-hybridized carbons (Fsp3) is 0.700. The van der Waals surface area contributed by atoms with Gasteiger partial charge in [0, 0.05) is 10.4 Å². The number of carbonyl (C=O) groups excluding carboxylic acids is 1. The quantitative estimate of drug-likeness (QED) is 0.619. The van der Waals surface area contributed by atoms with Crippen LogP contribution in [-0.2, 0) is 4.79 Å². The minimum atomic E-state index is -0.182. The van der Waals surface area contributed by atoms with Crippen LogP contribution in [0, 0.1) is 11.3 Å². The van der Waals surface area contributed by atoms with E-state index in [4.69, 9.17) is 11.6 Å². The Hall–Kier alpha value is -0.300. The van der Waals surface area contributed by atoms with Crippen LogP contribution in [0.4, 0.5) is 0 Å². The van der Waals surface area contributed by atoms with E-state index in [1.807, 2.05) is 0 Å². The fourth-order valence-electron chi connectivity index (χ4n) is 2.12. The van der Waals surface area contributed by atoms with Gasteiger partial charge in [0.05, 0.1) is 0 Å². The van der Waals surface area contributed by atoms with Crippen molar-refractivity contribution in [2.45, 2.75) is 32.6 Å². The first-order chi connectivity index (χ1) is 5.58. The van der Waals surface area contributed by atoms with Crippen LogP contribution in [0.25, 0.3) is 0 Å². The van der Waals surface area contributed by atoms with Crippen LogP contribution in [0.2, 0.25) is 0 Å². The number of halogens is 1.